The van der Waals surface area contributed by atoms with Gasteiger partial charge in [-0.1, -0.05) is 0 Å². The molecule has 2 fully saturated rings. The number of hydrogen-bond donors (Lipinski definition) is 1. The first-order valence-electron chi connectivity index (χ1n) is 6.63. The Labute approximate surface area is 112 Å². The SMILES string of the molecule is Cc1nc(CN2CC[C@@]3(CCCO3)[C@@H](O)C2)cs1. The van der Waals surface area contributed by atoms with Gasteiger partial charge in [-0.3, -0.25) is 4.90 Å². The Balaban J connectivity index is 1.61. The summed E-state index contributed by atoms with van der Waals surface area (Å²) in [6.45, 7) is 5.38. The van der Waals surface area contributed by atoms with Crippen LogP contribution in [0.4, 0.5) is 0 Å². The molecular formula is C13H20N2O2S. The van der Waals surface area contributed by atoms with Crippen LogP contribution in [0.2, 0.25) is 0 Å². The van der Waals surface area contributed by atoms with Crippen LogP contribution in [0.15, 0.2) is 5.38 Å². The molecule has 18 heavy (non-hydrogen) atoms. The van der Waals surface area contributed by atoms with E-state index in [1.54, 1.807) is 11.3 Å². The minimum absolute atomic E-state index is 0.242. The van der Waals surface area contributed by atoms with Gasteiger partial charge in [-0.2, -0.15) is 0 Å². The molecule has 100 valence electrons. The zero-order valence-electron chi connectivity index (χ0n) is 10.8. The third-order valence-corrected chi connectivity index (χ3v) is 4.90. The Hall–Kier alpha value is -0.490. The summed E-state index contributed by atoms with van der Waals surface area (Å²) in [6.07, 6.45) is 2.69. The molecule has 2 saturated heterocycles. The predicted molar refractivity (Wildman–Crippen MR) is 70.7 cm³/mol. The maximum absolute atomic E-state index is 10.3. The molecule has 2 aliphatic heterocycles. The lowest BCUT2D eigenvalue weighted by Gasteiger charge is -2.42. The normalized spacial score (nSPS) is 33.3. The van der Waals surface area contributed by atoms with Crippen molar-refractivity contribution in [3.63, 3.8) is 0 Å². The maximum atomic E-state index is 10.3. The Morgan fingerprint density at radius 3 is 3.11 bits per heavy atom. The molecular weight excluding hydrogens is 248 g/mol. The van der Waals surface area contributed by atoms with Crippen molar-refractivity contribution in [2.75, 3.05) is 19.7 Å². The molecule has 0 unspecified atom stereocenters. The van der Waals surface area contributed by atoms with Gasteiger partial charge in [0, 0.05) is 31.6 Å². The van der Waals surface area contributed by atoms with E-state index in [1.165, 1.54) is 0 Å². The van der Waals surface area contributed by atoms with E-state index < -0.39 is 0 Å². The summed E-state index contributed by atoms with van der Waals surface area (Å²) in [5.74, 6) is 0. The highest BCUT2D eigenvalue weighted by Gasteiger charge is 2.45. The van der Waals surface area contributed by atoms with Crippen molar-refractivity contribution in [3.8, 4) is 0 Å². The average Bonchev–Trinajstić information content (AvgIpc) is 2.95. The van der Waals surface area contributed by atoms with Gasteiger partial charge >= 0.3 is 0 Å². The van der Waals surface area contributed by atoms with E-state index in [4.69, 9.17) is 4.74 Å². The van der Waals surface area contributed by atoms with Crippen molar-refractivity contribution in [2.45, 2.75) is 44.4 Å². The Morgan fingerprint density at radius 1 is 1.61 bits per heavy atom. The quantitative estimate of drug-likeness (QED) is 0.884. The number of piperidine rings is 1. The molecule has 0 bridgehead atoms. The second-order valence-corrected chi connectivity index (χ2v) is 6.44. The molecule has 2 atom stereocenters. The van der Waals surface area contributed by atoms with Gasteiger partial charge in [0.1, 0.15) is 0 Å². The van der Waals surface area contributed by atoms with Crippen LogP contribution >= 0.6 is 11.3 Å². The first kappa shape index (κ1) is 12.5. The number of aliphatic hydroxyl groups excluding tert-OH is 1. The molecule has 2 aliphatic rings. The minimum Gasteiger partial charge on any atom is -0.389 e. The summed E-state index contributed by atoms with van der Waals surface area (Å²) in [5, 5.41) is 13.5. The number of likely N-dealkylation sites (tertiary alicyclic amines) is 1. The maximum Gasteiger partial charge on any atom is 0.0965 e. The number of rotatable bonds is 2. The lowest BCUT2D eigenvalue weighted by Crippen LogP contribution is -2.54. The van der Waals surface area contributed by atoms with E-state index in [1.807, 2.05) is 6.92 Å². The molecule has 1 aromatic rings. The molecule has 3 rings (SSSR count). The topological polar surface area (TPSA) is 45.6 Å². The summed E-state index contributed by atoms with van der Waals surface area (Å²) < 4.78 is 5.81. The fourth-order valence-corrected chi connectivity index (χ4v) is 3.65. The van der Waals surface area contributed by atoms with Gasteiger partial charge in [0.15, 0.2) is 0 Å². The van der Waals surface area contributed by atoms with Crippen LogP contribution in [0.1, 0.15) is 30.0 Å². The zero-order chi connectivity index (χ0) is 12.6. The van der Waals surface area contributed by atoms with Crippen LogP contribution in [0.25, 0.3) is 0 Å². The summed E-state index contributed by atoms with van der Waals surface area (Å²) >= 11 is 1.69. The van der Waals surface area contributed by atoms with Crippen molar-refractivity contribution >= 4 is 11.3 Å². The lowest BCUT2D eigenvalue weighted by atomic mass is 9.86. The Bertz CT molecular complexity index is 415. The van der Waals surface area contributed by atoms with Gasteiger partial charge in [0.25, 0.3) is 0 Å². The number of thiazole rings is 1. The van der Waals surface area contributed by atoms with E-state index in [0.29, 0.717) is 6.54 Å². The van der Waals surface area contributed by atoms with Crippen LogP contribution < -0.4 is 0 Å². The number of nitrogens with zero attached hydrogens (tertiary/aromatic N) is 2. The van der Waals surface area contributed by atoms with Gasteiger partial charge in [-0.15, -0.1) is 11.3 Å². The molecule has 5 heteroatoms. The van der Waals surface area contributed by atoms with E-state index in [2.05, 4.69) is 15.3 Å². The molecule has 3 heterocycles. The van der Waals surface area contributed by atoms with E-state index in [0.717, 1.165) is 49.7 Å². The highest BCUT2D eigenvalue weighted by Crippen LogP contribution is 2.36. The third-order valence-electron chi connectivity index (χ3n) is 4.08. The van der Waals surface area contributed by atoms with Crippen molar-refractivity contribution in [1.29, 1.82) is 0 Å². The second-order valence-electron chi connectivity index (χ2n) is 5.38. The molecule has 1 aromatic heterocycles. The number of hydrogen-bond acceptors (Lipinski definition) is 5. The number of aryl methyl sites for hydroxylation is 1. The molecule has 1 spiro atoms. The van der Waals surface area contributed by atoms with Gasteiger partial charge in [-0.25, -0.2) is 4.98 Å². The largest absolute Gasteiger partial charge is 0.389 e. The van der Waals surface area contributed by atoms with Crippen molar-refractivity contribution in [3.05, 3.63) is 16.1 Å². The molecule has 0 radical (unpaired) electrons. The van der Waals surface area contributed by atoms with Gasteiger partial charge in [-0.05, 0) is 26.2 Å². The van der Waals surface area contributed by atoms with Crippen molar-refractivity contribution < 1.29 is 9.84 Å². The second kappa shape index (κ2) is 4.89. The van der Waals surface area contributed by atoms with Crippen LogP contribution in [0, 0.1) is 6.92 Å². The Kier molecular flexibility index (Phi) is 3.40. The van der Waals surface area contributed by atoms with Crippen LogP contribution in [0.5, 0.6) is 0 Å². The third kappa shape index (κ3) is 2.32. The minimum atomic E-state index is -0.353. The molecule has 0 amide bonds. The average molecular weight is 268 g/mol. The van der Waals surface area contributed by atoms with Crippen molar-refractivity contribution in [1.82, 2.24) is 9.88 Å². The van der Waals surface area contributed by atoms with Crippen LogP contribution in [-0.4, -0.2) is 46.4 Å². The number of ether oxygens (including phenoxy) is 1. The monoisotopic (exact) mass is 268 g/mol. The van der Waals surface area contributed by atoms with Gasteiger partial charge in [0.2, 0.25) is 0 Å². The highest BCUT2D eigenvalue weighted by molar-refractivity contribution is 7.09. The summed E-state index contributed by atoms with van der Waals surface area (Å²) in [6, 6.07) is 0. The standard InChI is InChI=1S/C13H20N2O2S/c1-10-14-11(9-18-10)7-15-5-4-13(12(16)8-15)3-2-6-17-13/h9,12,16H,2-8H2,1H3/t12-,13-/m0/s1. The summed E-state index contributed by atoms with van der Waals surface area (Å²) in [7, 11) is 0. The van der Waals surface area contributed by atoms with E-state index in [-0.39, 0.29) is 11.7 Å². The first-order chi connectivity index (χ1) is 8.68. The highest BCUT2D eigenvalue weighted by atomic mass is 32.1. The van der Waals surface area contributed by atoms with Crippen LogP contribution in [-0.2, 0) is 11.3 Å². The fraction of sp³-hybridized carbons (Fsp3) is 0.769. The number of β-amino-alcohol motifs (C(OH)–C–C–N with tert-alkyl or cyclic N) is 1. The van der Waals surface area contributed by atoms with Crippen LogP contribution in [0.3, 0.4) is 0 Å². The van der Waals surface area contributed by atoms with E-state index >= 15 is 0 Å². The molecule has 4 nitrogen and oxygen atoms in total. The number of aliphatic hydroxyl groups is 1. The van der Waals surface area contributed by atoms with Gasteiger partial charge < -0.3 is 9.84 Å². The smallest absolute Gasteiger partial charge is 0.0965 e. The fourth-order valence-electron chi connectivity index (χ4n) is 3.05. The molecule has 1 N–H and O–H groups in total. The summed E-state index contributed by atoms with van der Waals surface area (Å²) in [5.41, 5.74) is 0.877. The summed E-state index contributed by atoms with van der Waals surface area (Å²) in [4.78, 5) is 6.77. The van der Waals surface area contributed by atoms with Gasteiger partial charge in [0.05, 0.1) is 22.4 Å². The zero-order valence-corrected chi connectivity index (χ0v) is 11.6. The molecule has 0 aliphatic carbocycles. The number of aromatic nitrogens is 1. The van der Waals surface area contributed by atoms with Crippen molar-refractivity contribution in [2.24, 2.45) is 0 Å². The lowest BCUT2D eigenvalue weighted by molar-refractivity contribution is -0.130. The molecule has 0 aromatic carbocycles. The predicted octanol–water partition coefficient (Wildman–Crippen LogP) is 1.57. The Morgan fingerprint density at radius 2 is 2.50 bits per heavy atom. The first-order valence-corrected chi connectivity index (χ1v) is 7.51. The van der Waals surface area contributed by atoms with E-state index in [9.17, 15) is 5.11 Å². The molecule has 0 saturated carbocycles.